The van der Waals surface area contributed by atoms with Crippen LogP contribution in [0.2, 0.25) is 5.02 Å². The lowest BCUT2D eigenvalue weighted by atomic mass is 9.76. The van der Waals surface area contributed by atoms with Crippen LogP contribution >= 0.6 is 11.6 Å². The first kappa shape index (κ1) is 26.3. The Labute approximate surface area is 224 Å². The summed E-state index contributed by atoms with van der Waals surface area (Å²) in [6.07, 6.45) is 3.10. The third kappa shape index (κ3) is 5.16. The molecule has 3 N–H and O–H groups in total. The summed E-state index contributed by atoms with van der Waals surface area (Å²) in [6, 6.07) is 15.2. The van der Waals surface area contributed by atoms with Crippen LogP contribution in [0.25, 0.3) is 0 Å². The molecule has 0 bridgehead atoms. The molecule has 1 saturated carbocycles. The number of hydroxylamine groups is 1. The number of carbonyl (C=O) groups excluding carboxylic acids is 2. The Morgan fingerprint density at radius 1 is 1.03 bits per heavy atom. The van der Waals surface area contributed by atoms with Crippen molar-refractivity contribution < 1.29 is 23.2 Å². The molecule has 198 valence electrons. The van der Waals surface area contributed by atoms with Crippen molar-refractivity contribution in [2.75, 3.05) is 0 Å². The van der Waals surface area contributed by atoms with Gasteiger partial charge >= 0.3 is 0 Å². The number of benzene rings is 3. The fourth-order valence-electron chi connectivity index (χ4n) is 5.59. The van der Waals surface area contributed by atoms with Gasteiger partial charge in [-0.3, -0.25) is 14.4 Å². The number of halogens is 3. The summed E-state index contributed by atoms with van der Waals surface area (Å²) in [6.45, 7) is 0.0724. The van der Waals surface area contributed by atoms with E-state index in [9.17, 15) is 14.0 Å². The standard InChI is InChI=1S/C29H28ClF2N3O3/c30-18-11-9-17(10-12-18)16-38-34-28(36)26-20-5-1-2-6-21(20)29(37)35(25-8-4-3-7-24(25)33)27(26)22-14-13-19(31)15-23(22)32/h1-2,5-6,9-15,24-27H,3-4,7-8,16,33H2,(H,34,36). The van der Waals surface area contributed by atoms with Crippen molar-refractivity contribution in [3.63, 3.8) is 0 Å². The van der Waals surface area contributed by atoms with Gasteiger partial charge in [0.25, 0.3) is 11.8 Å². The van der Waals surface area contributed by atoms with E-state index < -0.39 is 35.5 Å². The van der Waals surface area contributed by atoms with Crippen molar-refractivity contribution in [2.24, 2.45) is 5.73 Å². The average Bonchev–Trinajstić information content (AvgIpc) is 2.90. The minimum atomic E-state index is -1.05. The molecule has 0 aromatic heterocycles. The van der Waals surface area contributed by atoms with Crippen molar-refractivity contribution in [2.45, 2.75) is 56.3 Å². The van der Waals surface area contributed by atoms with Crippen LogP contribution in [0.4, 0.5) is 8.78 Å². The zero-order valence-corrected chi connectivity index (χ0v) is 21.3. The van der Waals surface area contributed by atoms with Gasteiger partial charge in [-0.25, -0.2) is 14.3 Å². The third-order valence-corrected chi connectivity index (χ3v) is 7.66. The van der Waals surface area contributed by atoms with E-state index in [0.29, 0.717) is 29.0 Å². The minimum Gasteiger partial charge on any atom is -0.326 e. The van der Waals surface area contributed by atoms with Gasteiger partial charge in [0.15, 0.2) is 0 Å². The lowest BCUT2D eigenvalue weighted by Gasteiger charge is -2.48. The molecular formula is C29H28ClF2N3O3. The molecule has 2 aliphatic rings. The molecule has 4 atom stereocenters. The van der Waals surface area contributed by atoms with Crippen molar-refractivity contribution >= 4 is 23.4 Å². The maximum atomic E-state index is 15.3. The highest BCUT2D eigenvalue weighted by molar-refractivity contribution is 6.30. The highest BCUT2D eigenvalue weighted by Gasteiger charge is 2.49. The second kappa shape index (κ2) is 11.2. The Balaban J connectivity index is 1.55. The van der Waals surface area contributed by atoms with Gasteiger partial charge in [-0.05, 0) is 48.2 Å². The average molecular weight is 540 g/mol. The summed E-state index contributed by atoms with van der Waals surface area (Å²) in [5.41, 5.74) is 10.6. The van der Waals surface area contributed by atoms with E-state index in [1.807, 2.05) is 0 Å². The van der Waals surface area contributed by atoms with Crippen LogP contribution in [-0.2, 0) is 16.2 Å². The van der Waals surface area contributed by atoms with Gasteiger partial charge in [0.05, 0.1) is 18.6 Å². The van der Waals surface area contributed by atoms with Crippen LogP contribution < -0.4 is 11.2 Å². The van der Waals surface area contributed by atoms with E-state index in [1.54, 1.807) is 53.4 Å². The fraction of sp³-hybridized carbons (Fsp3) is 0.310. The molecule has 1 aliphatic heterocycles. The number of fused-ring (bicyclic) bond motifs is 1. The number of nitrogens with one attached hydrogen (secondary N) is 1. The molecule has 0 spiro atoms. The van der Waals surface area contributed by atoms with E-state index in [0.717, 1.165) is 30.5 Å². The molecule has 3 aromatic carbocycles. The molecule has 4 unspecified atom stereocenters. The second-order valence-electron chi connectivity index (χ2n) is 9.79. The molecule has 1 aliphatic carbocycles. The topological polar surface area (TPSA) is 84.7 Å². The second-order valence-corrected chi connectivity index (χ2v) is 10.2. The maximum Gasteiger partial charge on any atom is 0.255 e. The summed E-state index contributed by atoms with van der Waals surface area (Å²) in [4.78, 5) is 34.8. The first-order chi connectivity index (χ1) is 18.3. The molecule has 5 rings (SSSR count). The Morgan fingerprint density at radius 2 is 1.76 bits per heavy atom. The SMILES string of the molecule is NC1CCCCC1N1C(=O)c2ccccc2C(C(=O)NOCc2ccc(Cl)cc2)C1c1ccc(F)cc1F. The van der Waals surface area contributed by atoms with Crippen LogP contribution in [-0.4, -0.2) is 28.8 Å². The van der Waals surface area contributed by atoms with Crippen LogP contribution in [0, 0.1) is 11.6 Å². The highest BCUT2D eigenvalue weighted by atomic mass is 35.5. The quantitative estimate of drug-likeness (QED) is 0.410. The maximum absolute atomic E-state index is 15.3. The molecule has 1 fully saturated rings. The van der Waals surface area contributed by atoms with Crippen LogP contribution in [0.3, 0.4) is 0 Å². The number of hydrogen-bond acceptors (Lipinski definition) is 4. The van der Waals surface area contributed by atoms with Gasteiger partial charge < -0.3 is 10.6 Å². The first-order valence-corrected chi connectivity index (χ1v) is 13.0. The Kier molecular flexibility index (Phi) is 7.74. The van der Waals surface area contributed by atoms with Gasteiger partial charge in [0.2, 0.25) is 0 Å². The molecule has 0 radical (unpaired) electrons. The Hall–Kier alpha value is -3.33. The van der Waals surface area contributed by atoms with Crippen molar-refractivity contribution in [3.8, 4) is 0 Å². The monoisotopic (exact) mass is 539 g/mol. The molecule has 2 amide bonds. The number of amides is 2. The lowest BCUT2D eigenvalue weighted by Crippen LogP contribution is -2.57. The zero-order valence-electron chi connectivity index (χ0n) is 20.6. The summed E-state index contributed by atoms with van der Waals surface area (Å²) in [7, 11) is 0. The van der Waals surface area contributed by atoms with Crippen LogP contribution in [0.1, 0.15) is 64.7 Å². The van der Waals surface area contributed by atoms with Crippen LogP contribution in [0.15, 0.2) is 66.7 Å². The Bertz CT molecular complexity index is 1340. The minimum absolute atomic E-state index is 0.0462. The summed E-state index contributed by atoms with van der Waals surface area (Å²) in [5.74, 6) is -3.49. The smallest absolute Gasteiger partial charge is 0.255 e. The van der Waals surface area contributed by atoms with Crippen molar-refractivity contribution in [1.29, 1.82) is 0 Å². The van der Waals surface area contributed by atoms with E-state index >= 15 is 4.39 Å². The predicted octanol–water partition coefficient (Wildman–Crippen LogP) is 5.42. The number of nitrogens with two attached hydrogens (primary N) is 1. The van der Waals surface area contributed by atoms with Crippen molar-refractivity contribution in [3.05, 3.63) is 106 Å². The molecule has 38 heavy (non-hydrogen) atoms. The normalized spacial score (nSPS) is 23.2. The molecular weight excluding hydrogens is 512 g/mol. The number of nitrogens with zero attached hydrogens (tertiary/aromatic N) is 1. The third-order valence-electron chi connectivity index (χ3n) is 7.40. The van der Waals surface area contributed by atoms with Gasteiger partial charge in [-0.15, -0.1) is 0 Å². The van der Waals surface area contributed by atoms with Gasteiger partial charge in [-0.1, -0.05) is 60.8 Å². The van der Waals surface area contributed by atoms with E-state index in [4.69, 9.17) is 22.2 Å². The Morgan fingerprint density at radius 3 is 2.50 bits per heavy atom. The largest absolute Gasteiger partial charge is 0.326 e. The van der Waals surface area contributed by atoms with E-state index in [2.05, 4.69) is 5.48 Å². The molecule has 9 heteroatoms. The number of rotatable bonds is 6. The predicted molar refractivity (Wildman–Crippen MR) is 139 cm³/mol. The summed E-state index contributed by atoms with van der Waals surface area (Å²) < 4.78 is 29.2. The first-order valence-electron chi connectivity index (χ1n) is 12.6. The van der Waals surface area contributed by atoms with Gasteiger partial charge in [0, 0.05) is 34.3 Å². The van der Waals surface area contributed by atoms with Gasteiger partial charge in [-0.2, -0.15) is 0 Å². The molecule has 6 nitrogen and oxygen atoms in total. The van der Waals surface area contributed by atoms with Gasteiger partial charge in [0.1, 0.15) is 11.6 Å². The number of carbonyl (C=O) groups is 2. The summed E-state index contributed by atoms with van der Waals surface area (Å²) in [5, 5.41) is 0.575. The summed E-state index contributed by atoms with van der Waals surface area (Å²) >= 11 is 5.94. The fourth-order valence-corrected chi connectivity index (χ4v) is 5.72. The van der Waals surface area contributed by atoms with E-state index in [-0.39, 0.29) is 24.1 Å². The lowest BCUT2D eigenvalue weighted by molar-refractivity contribution is -0.138. The molecule has 3 aromatic rings. The molecule has 1 heterocycles. The highest BCUT2D eigenvalue weighted by Crippen LogP contribution is 2.46. The molecule has 0 saturated heterocycles. The van der Waals surface area contributed by atoms with Crippen molar-refractivity contribution in [1.82, 2.24) is 10.4 Å². The van der Waals surface area contributed by atoms with E-state index in [1.165, 1.54) is 6.07 Å². The van der Waals surface area contributed by atoms with Crippen LogP contribution in [0.5, 0.6) is 0 Å². The number of hydrogen-bond donors (Lipinski definition) is 2. The zero-order chi connectivity index (χ0) is 26.8.